The van der Waals surface area contributed by atoms with Gasteiger partial charge in [0.25, 0.3) is 0 Å². The van der Waals surface area contributed by atoms with Crippen molar-refractivity contribution in [2.24, 2.45) is 0 Å². The lowest BCUT2D eigenvalue weighted by atomic mass is 9.67. The Morgan fingerprint density at radius 3 is 1.64 bits per heavy atom. The SMILES string of the molecule is c1ccc(C2(c3ccccc3)c3ccccc3-c3ccc(N(c4ccc(-c5cc6ccccc6c6ccccc56)cc4)c4ccccc4-c4cccc5c4sc4c6ccccc6ccc54)cc32)cc1. The summed E-state index contributed by atoms with van der Waals surface area (Å²) < 4.78 is 2.63. The van der Waals surface area contributed by atoms with Crippen molar-refractivity contribution < 1.29 is 0 Å². The number of fused-ring (bicyclic) bond motifs is 11. The van der Waals surface area contributed by atoms with Crippen LogP contribution in [0, 0.1) is 0 Å². The third-order valence-electron chi connectivity index (χ3n) is 14.7. The van der Waals surface area contributed by atoms with E-state index in [9.17, 15) is 0 Å². The second-order valence-electron chi connectivity index (χ2n) is 18.3. The first-order valence-corrected chi connectivity index (χ1v) is 24.6. The zero-order valence-electron chi connectivity index (χ0n) is 37.7. The summed E-state index contributed by atoms with van der Waals surface area (Å²) in [6.07, 6.45) is 0. The molecule has 1 aliphatic carbocycles. The molecule has 2 heteroatoms. The van der Waals surface area contributed by atoms with Gasteiger partial charge in [0, 0.05) is 42.7 Å². The smallest absolute Gasteiger partial charge is 0.0714 e. The molecule has 14 rings (SSSR count). The van der Waals surface area contributed by atoms with Crippen LogP contribution in [0.5, 0.6) is 0 Å². The number of thiophene rings is 1. The van der Waals surface area contributed by atoms with Crippen LogP contribution in [0.3, 0.4) is 0 Å². The summed E-state index contributed by atoms with van der Waals surface area (Å²) in [5.74, 6) is 0. The van der Waals surface area contributed by atoms with Crippen LogP contribution in [0.1, 0.15) is 22.3 Å². The fourth-order valence-electron chi connectivity index (χ4n) is 11.7. The number of para-hydroxylation sites is 1. The van der Waals surface area contributed by atoms with Gasteiger partial charge in [0.2, 0.25) is 0 Å². The minimum absolute atomic E-state index is 0.540. The minimum Gasteiger partial charge on any atom is -0.310 e. The molecule has 0 aliphatic heterocycles. The van der Waals surface area contributed by atoms with Gasteiger partial charge in [-0.2, -0.15) is 0 Å². The molecular weight excluding hydrogens is 851 g/mol. The van der Waals surface area contributed by atoms with E-state index in [1.54, 1.807) is 0 Å². The summed E-state index contributed by atoms with van der Waals surface area (Å²) in [6, 6.07) is 96.9. The maximum atomic E-state index is 2.50. The molecule has 0 N–H and O–H groups in total. The number of benzene rings is 12. The summed E-state index contributed by atoms with van der Waals surface area (Å²) in [7, 11) is 0. The first-order chi connectivity index (χ1) is 34.2. The van der Waals surface area contributed by atoms with Gasteiger partial charge in [-0.1, -0.05) is 224 Å². The molecule has 0 radical (unpaired) electrons. The molecule has 13 aromatic rings. The highest BCUT2D eigenvalue weighted by Gasteiger charge is 2.46. The maximum absolute atomic E-state index is 2.50. The predicted octanol–water partition coefficient (Wildman–Crippen LogP) is 18.7. The fraction of sp³-hybridized carbons (Fsp3) is 0.0149. The summed E-state index contributed by atoms with van der Waals surface area (Å²) in [4.78, 5) is 2.50. The first kappa shape index (κ1) is 39.6. The van der Waals surface area contributed by atoms with Crippen LogP contribution in [0.4, 0.5) is 17.1 Å². The zero-order chi connectivity index (χ0) is 45.5. The summed E-state index contributed by atoms with van der Waals surface area (Å²) in [5.41, 5.74) is 15.2. The Labute approximate surface area is 405 Å². The van der Waals surface area contributed by atoms with Crippen molar-refractivity contribution in [2.75, 3.05) is 4.90 Å². The van der Waals surface area contributed by atoms with Crippen molar-refractivity contribution in [3.05, 3.63) is 283 Å². The lowest BCUT2D eigenvalue weighted by molar-refractivity contribution is 0.768. The molecule has 0 amide bonds. The normalized spacial score (nSPS) is 12.8. The largest absolute Gasteiger partial charge is 0.310 e. The second kappa shape index (κ2) is 15.8. The topological polar surface area (TPSA) is 3.24 Å². The zero-order valence-corrected chi connectivity index (χ0v) is 38.5. The monoisotopic (exact) mass is 893 g/mol. The molecule has 0 saturated heterocycles. The summed E-state index contributed by atoms with van der Waals surface area (Å²) in [5, 5.41) is 10.2. The molecule has 0 saturated carbocycles. The molecule has 1 heterocycles. The molecule has 0 spiro atoms. The Morgan fingerprint density at radius 1 is 0.290 bits per heavy atom. The molecule has 69 heavy (non-hydrogen) atoms. The highest BCUT2D eigenvalue weighted by molar-refractivity contribution is 7.27. The second-order valence-corrected chi connectivity index (χ2v) is 19.3. The van der Waals surface area contributed by atoms with Crippen LogP contribution < -0.4 is 4.90 Å². The van der Waals surface area contributed by atoms with E-state index in [2.05, 4.69) is 266 Å². The molecule has 1 aromatic heterocycles. The van der Waals surface area contributed by atoms with E-state index in [0.717, 1.165) is 17.1 Å². The molecule has 1 aliphatic rings. The Hall–Kier alpha value is -8.56. The van der Waals surface area contributed by atoms with Gasteiger partial charge in [-0.05, 0) is 113 Å². The molecule has 0 atom stereocenters. The van der Waals surface area contributed by atoms with Crippen LogP contribution in [-0.4, -0.2) is 0 Å². The first-order valence-electron chi connectivity index (χ1n) is 23.8. The van der Waals surface area contributed by atoms with E-state index in [0.29, 0.717) is 0 Å². The Kier molecular flexibility index (Phi) is 9.05. The number of anilines is 3. The van der Waals surface area contributed by atoms with Gasteiger partial charge in [0.1, 0.15) is 0 Å². The van der Waals surface area contributed by atoms with E-state index >= 15 is 0 Å². The van der Waals surface area contributed by atoms with Crippen LogP contribution in [0.25, 0.3) is 85.9 Å². The lowest BCUT2D eigenvalue weighted by Crippen LogP contribution is -2.28. The van der Waals surface area contributed by atoms with Crippen molar-refractivity contribution in [2.45, 2.75) is 5.41 Å². The molecule has 1 nitrogen and oxygen atoms in total. The van der Waals surface area contributed by atoms with E-state index < -0.39 is 5.41 Å². The van der Waals surface area contributed by atoms with Gasteiger partial charge in [-0.25, -0.2) is 0 Å². The molecule has 0 unspecified atom stereocenters. The van der Waals surface area contributed by atoms with Crippen molar-refractivity contribution in [3.63, 3.8) is 0 Å². The van der Waals surface area contributed by atoms with Gasteiger partial charge in [-0.15, -0.1) is 11.3 Å². The van der Waals surface area contributed by atoms with E-state index in [-0.39, 0.29) is 0 Å². The van der Waals surface area contributed by atoms with Crippen molar-refractivity contribution in [3.8, 4) is 33.4 Å². The quantitative estimate of drug-likeness (QED) is 0.144. The lowest BCUT2D eigenvalue weighted by Gasteiger charge is -2.35. The molecule has 0 bridgehead atoms. The van der Waals surface area contributed by atoms with Crippen LogP contribution in [0.2, 0.25) is 0 Å². The maximum Gasteiger partial charge on any atom is 0.0714 e. The van der Waals surface area contributed by atoms with Gasteiger partial charge in [0.15, 0.2) is 0 Å². The molecule has 12 aromatic carbocycles. The highest BCUT2D eigenvalue weighted by Crippen LogP contribution is 2.58. The van der Waals surface area contributed by atoms with Gasteiger partial charge in [-0.3, -0.25) is 0 Å². The van der Waals surface area contributed by atoms with Crippen molar-refractivity contribution >= 4 is 80.9 Å². The Balaban J connectivity index is 1.02. The number of rotatable bonds is 7. The molecule has 322 valence electrons. The molecule has 0 fully saturated rings. The summed E-state index contributed by atoms with van der Waals surface area (Å²) >= 11 is 1.91. The van der Waals surface area contributed by atoms with Crippen LogP contribution in [-0.2, 0) is 5.41 Å². The van der Waals surface area contributed by atoms with Crippen molar-refractivity contribution in [1.29, 1.82) is 0 Å². The summed E-state index contributed by atoms with van der Waals surface area (Å²) in [6.45, 7) is 0. The van der Waals surface area contributed by atoms with E-state index in [4.69, 9.17) is 0 Å². The van der Waals surface area contributed by atoms with Crippen LogP contribution >= 0.6 is 11.3 Å². The molecular formula is C67H43NS. The number of nitrogens with zero attached hydrogens (tertiary/aromatic N) is 1. The number of hydrogen-bond donors (Lipinski definition) is 0. The highest BCUT2D eigenvalue weighted by atomic mass is 32.1. The minimum atomic E-state index is -0.540. The predicted molar refractivity (Wildman–Crippen MR) is 295 cm³/mol. The Bertz CT molecular complexity index is 4090. The third kappa shape index (κ3) is 6.02. The third-order valence-corrected chi connectivity index (χ3v) is 16.0. The van der Waals surface area contributed by atoms with E-state index in [1.165, 1.54) is 108 Å². The van der Waals surface area contributed by atoms with Crippen molar-refractivity contribution in [1.82, 2.24) is 0 Å². The van der Waals surface area contributed by atoms with Gasteiger partial charge >= 0.3 is 0 Å². The standard InChI is InChI=1S/C67H43NS/c1-3-20-47(21-4-1)67(48-22-5-2-6-23-48)62-32-15-13-28-55(62)56-41-39-50(43-63(56)67)68(49-37-34-45(35-38-49)61-42-46-19-8-9-24-51(46)53-26-11-12-27-54(53)61)64-33-16-14-29-57(64)58-30-17-31-59-60-40-36-44-18-7-10-25-52(44)65(60)69-66(58)59/h1-43H. The average Bonchev–Trinajstić information content (AvgIpc) is 3.96. The van der Waals surface area contributed by atoms with Gasteiger partial charge < -0.3 is 4.90 Å². The average molecular weight is 894 g/mol. The number of hydrogen-bond acceptors (Lipinski definition) is 2. The van der Waals surface area contributed by atoms with Crippen LogP contribution in [0.15, 0.2) is 261 Å². The fourth-order valence-corrected chi connectivity index (χ4v) is 13.1. The Morgan fingerprint density at radius 2 is 0.855 bits per heavy atom. The van der Waals surface area contributed by atoms with Gasteiger partial charge in [0.05, 0.1) is 11.1 Å². The van der Waals surface area contributed by atoms with E-state index in [1.807, 2.05) is 11.3 Å².